The van der Waals surface area contributed by atoms with Crippen LogP contribution >= 0.6 is 27.7 Å². The van der Waals surface area contributed by atoms with Crippen LogP contribution in [0.25, 0.3) is 0 Å². The molecule has 2 heterocycles. The van der Waals surface area contributed by atoms with Gasteiger partial charge in [-0.25, -0.2) is 4.79 Å². The number of fused-ring (bicyclic) bond motifs is 1. The molecule has 2 saturated heterocycles. The fraction of sp³-hybridized carbons (Fsp3) is 0.548. The molecule has 0 bridgehead atoms. The van der Waals surface area contributed by atoms with Gasteiger partial charge in [-0.2, -0.15) is 11.8 Å². The number of halogens is 1. The number of nitrogens with zero attached hydrogens (tertiary/aromatic N) is 1. The van der Waals surface area contributed by atoms with Crippen molar-refractivity contribution in [3.05, 3.63) is 100 Å². The number of hydrogen-bond acceptors (Lipinski definition) is 13. The number of carbonyl (C=O) groups is 10. The molecule has 0 aliphatic carbocycles. The highest BCUT2D eigenvalue weighted by Crippen LogP contribution is 2.33. The summed E-state index contributed by atoms with van der Waals surface area (Å²) in [5, 5.41) is 48.4. The third-order valence-corrected chi connectivity index (χ3v) is 17.2. The van der Waals surface area contributed by atoms with Crippen LogP contribution in [0.15, 0.2) is 83.3 Å². The molecule has 482 valence electrons. The molecular weight excluding hydrogens is 1220 g/mol. The molecule has 10 atom stereocenters. The molecule has 3 aromatic rings. The van der Waals surface area contributed by atoms with E-state index < -0.39 is 96.2 Å². The number of nitrogens with one attached hydrogen (secondary N) is 10. The molecule has 3 aromatic carbocycles. The van der Waals surface area contributed by atoms with E-state index in [0.717, 1.165) is 28.6 Å². The average Bonchev–Trinajstić information content (AvgIpc) is 2.84. The maximum absolute atomic E-state index is 14.5. The van der Waals surface area contributed by atoms with Crippen molar-refractivity contribution in [2.45, 2.75) is 164 Å². The van der Waals surface area contributed by atoms with Crippen LogP contribution in [0.3, 0.4) is 0 Å². The fourth-order valence-corrected chi connectivity index (χ4v) is 12.0. The Kier molecular flexibility index (Phi) is 28.9. The number of phenolic OH excluding ortho intramolecular Hbond substituents is 1. The standard InChI is InChI=1S/C62H89BrN12O12S/c1-37(2)32-46(59(84)67-44(54(64)79)18-12-14-30-65-52(78)21-11-10-20-51-53-50(36-88-51)73-62(87)74-53)71-61(86)49(35-76)72-57(82)45(19-13-15-31-75(4,5)6)68-60(85)48(34-40-22-28-43(77)29-23-40)69-55(80)38(3)66-58(83)47(33-39-16-8-7-9-17-39)70-56(81)41-24-26-42(63)27-25-41/h7-9,16-17,22-29,37-38,44-51,53,76H,10-15,18-21,30-36H2,1-6H3,(H12-,64,65,66,67,68,69,70,71,72,73,74,77,78,79,80,81,82,83,84,85,86,87)/p+1/t38-,44-,45-,46-,47-,48-,49-,50-,51-,53-/m0/s1. The van der Waals surface area contributed by atoms with E-state index in [1.807, 2.05) is 52.8 Å². The Morgan fingerprint density at radius 3 is 1.84 bits per heavy atom. The highest BCUT2D eigenvalue weighted by Gasteiger charge is 2.43. The lowest BCUT2D eigenvalue weighted by Gasteiger charge is -2.28. The highest BCUT2D eigenvalue weighted by atomic mass is 79.9. The average molecular weight is 1310 g/mol. The van der Waals surface area contributed by atoms with Crippen LogP contribution in [0.5, 0.6) is 5.75 Å². The van der Waals surface area contributed by atoms with Gasteiger partial charge in [-0.05, 0) is 118 Å². The van der Waals surface area contributed by atoms with Crippen LogP contribution in [0, 0.1) is 5.92 Å². The Hall–Kier alpha value is -7.29. The van der Waals surface area contributed by atoms with Crippen molar-refractivity contribution in [1.82, 2.24) is 53.2 Å². The molecule has 2 fully saturated rings. The fourth-order valence-electron chi connectivity index (χ4n) is 10.2. The van der Waals surface area contributed by atoms with Crippen LogP contribution in [0.2, 0.25) is 0 Å². The molecule has 11 amide bonds. The van der Waals surface area contributed by atoms with Crippen molar-refractivity contribution in [3.8, 4) is 5.75 Å². The lowest BCUT2D eigenvalue weighted by Crippen LogP contribution is -2.60. The summed E-state index contributed by atoms with van der Waals surface area (Å²) in [7, 11) is 5.99. The Morgan fingerprint density at radius 1 is 0.636 bits per heavy atom. The van der Waals surface area contributed by atoms with Gasteiger partial charge in [0.2, 0.25) is 47.3 Å². The van der Waals surface area contributed by atoms with E-state index in [4.69, 9.17) is 5.73 Å². The minimum atomic E-state index is -1.63. The van der Waals surface area contributed by atoms with Gasteiger partial charge in [0, 0.05) is 46.8 Å². The number of hydrogen-bond donors (Lipinski definition) is 13. The first-order valence-electron chi connectivity index (χ1n) is 30.2. The van der Waals surface area contributed by atoms with Crippen LogP contribution in [0.1, 0.15) is 113 Å². The third kappa shape index (κ3) is 24.7. The highest BCUT2D eigenvalue weighted by molar-refractivity contribution is 9.10. The van der Waals surface area contributed by atoms with Gasteiger partial charge < -0.3 is 73.6 Å². The summed E-state index contributed by atoms with van der Waals surface area (Å²) in [5.74, 6) is -5.59. The lowest BCUT2D eigenvalue weighted by molar-refractivity contribution is -0.870. The molecular formula is C62H90BrN12O12S+. The SMILES string of the molecule is CC(C)C[C@H](NC(=O)[C@H](CO)NC(=O)[C@H](CCCC[N+](C)(C)C)NC(=O)[C@H](Cc1ccc(O)cc1)NC(=O)[C@H](C)NC(=O)[C@H](Cc1ccccc1)NC(=O)c1ccc(Br)cc1)C(=O)N[C@@H](CCCCNC(=O)CCCC[C@@H]1SC[C@@H]2NC(=O)N[C@@H]21)C(N)=O. The summed E-state index contributed by atoms with van der Waals surface area (Å²) >= 11 is 5.18. The number of aliphatic hydroxyl groups is 1. The largest absolute Gasteiger partial charge is 0.508 e. The summed E-state index contributed by atoms with van der Waals surface area (Å²) in [6.45, 7) is 5.15. The second-order valence-corrected chi connectivity index (χ2v) is 26.3. The van der Waals surface area contributed by atoms with E-state index in [-0.39, 0.29) is 67.8 Å². The molecule has 0 aromatic heterocycles. The number of carbonyl (C=O) groups excluding carboxylic acids is 10. The number of primary amides is 1. The number of benzene rings is 3. The van der Waals surface area contributed by atoms with Crippen LogP contribution in [0.4, 0.5) is 4.79 Å². The van der Waals surface area contributed by atoms with Gasteiger partial charge in [0.15, 0.2) is 0 Å². The topological polar surface area (TPSA) is 357 Å². The van der Waals surface area contributed by atoms with Crippen molar-refractivity contribution >= 4 is 86.9 Å². The van der Waals surface area contributed by atoms with Crippen LogP contribution in [-0.4, -0.2) is 180 Å². The minimum Gasteiger partial charge on any atom is -0.508 e. The second kappa shape index (κ2) is 35.6. The number of aromatic hydroxyl groups is 1. The zero-order valence-electron chi connectivity index (χ0n) is 51.2. The molecule has 24 nitrogen and oxygen atoms in total. The van der Waals surface area contributed by atoms with Gasteiger partial charge in [-0.1, -0.05) is 78.7 Å². The van der Waals surface area contributed by atoms with Crippen LogP contribution < -0.4 is 58.9 Å². The minimum absolute atomic E-state index is 0.0520. The molecule has 5 rings (SSSR count). The lowest BCUT2D eigenvalue weighted by atomic mass is 10.0. The molecule has 0 spiro atoms. The number of unbranched alkanes of at least 4 members (excludes halogenated alkanes) is 3. The van der Waals surface area contributed by atoms with Crippen molar-refractivity contribution in [2.75, 3.05) is 46.6 Å². The molecule has 2 aliphatic heterocycles. The number of amides is 11. The summed E-state index contributed by atoms with van der Waals surface area (Å²) in [5.41, 5.74) is 7.26. The summed E-state index contributed by atoms with van der Waals surface area (Å²) < 4.78 is 1.35. The number of phenols is 1. The molecule has 2 aliphatic rings. The van der Waals surface area contributed by atoms with Gasteiger partial charge in [0.25, 0.3) is 5.91 Å². The molecule has 0 radical (unpaired) electrons. The predicted octanol–water partition coefficient (Wildman–Crippen LogP) is 2.08. The number of quaternary nitrogens is 1. The second-order valence-electron chi connectivity index (χ2n) is 24.1. The zero-order chi connectivity index (χ0) is 64.5. The quantitative estimate of drug-likeness (QED) is 0.0224. The van der Waals surface area contributed by atoms with E-state index in [1.165, 1.54) is 19.1 Å². The Labute approximate surface area is 528 Å². The Balaban J connectivity index is 1.21. The van der Waals surface area contributed by atoms with Crippen molar-refractivity contribution in [3.63, 3.8) is 0 Å². The monoisotopic (exact) mass is 1310 g/mol. The van der Waals surface area contributed by atoms with Crippen LogP contribution in [-0.2, 0) is 51.2 Å². The number of thioether (sulfide) groups is 1. The molecule has 0 unspecified atom stereocenters. The summed E-state index contributed by atoms with van der Waals surface area (Å²) in [4.78, 5) is 135. The van der Waals surface area contributed by atoms with E-state index in [0.29, 0.717) is 72.5 Å². The van der Waals surface area contributed by atoms with E-state index in [2.05, 4.69) is 69.1 Å². The number of rotatable bonds is 37. The van der Waals surface area contributed by atoms with Gasteiger partial charge in [-0.15, -0.1) is 0 Å². The number of nitrogens with two attached hydrogens (primary N) is 1. The summed E-state index contributed by atoms with van der Waals surface area (Å²) in [6, 6.07) is 12.5. The first-order chi connectivity index (χ1) is 41.8. The normalized spacial score (nSPS) is 17.6. The van der Waals surface area contributed by atoms with Gasteiger partial charge in [0.1, 0.15) is 48.0 Å². The predicted molar refractivity (Wildman–Crippen MR) is 338 cm³/mol. The van der Waals surface area contributed by atoms with Crippen molar-refractivity contribution in [1.29, 1.82) is 0 Å². The van der Waals surface area contributed by atoms with Gasteiger partial charge >= 0.3 is 6.03 Å². The summed E-state index contributed by atoms with van der Waals surface area (Å²) in [6.07, 6.45) is 4.94. The third-order valence-electron chi connectivity index (χ3n) is 15.1. The van der Waals surface area contributed by atoms with Crippen molar-refractivity contribution in [2.24, 2.45) is 11.7 Å². The van der Waals surface area contributed by atoms with E-state index in [1.54, 1.807) is 60.7 Å². The van der Waals surface area contributed by atoms with Gasteiger partial charge in [0.05, 0.1) is 46.4 Å². The maximum Gasteiger partial charge on any atom is 0.315 e. The van der Waals surface area contributed by atoms with E-state index in [9.17, 15) is 58.2 Å². The first-order valence-corrected chi connectivity index (χ1v) is 32.0. The first kappa shape index (κ1) is 71.5. The number of urea groups is 1. The number of aliphatic hydroxyl groups excluding tert-OH is 1. The Bertz CT molecular complexity index is 2830. The Morgan fingerprint density at radius 2 is 1.19 bits per heavy atom. The zero-order valence-corrected chi connectivity index (χ0v) is 53.6. The molecule has 26 heteroatoms. The van der Waals surface area contributed by atoms with Gasteiger partial charge in [-0.3, -0.25) is 43.2 Å². The van der Waals surface area contributed by atoms with E-state index >= 15 is 0 Å². The molecule has 0 saturated carbocycles. The smallest absolute Gasteiger partial charge is 0.315 e. The van der Waals surface area contributed by atoms with Crippen molar-refractivity contribution < 1.29 is 62.6 Å². The maximum atomic E-state index is 14.5. The molecule has 14 N–H and O–H groups in total. The molecule has 88 heavy (non-hydrogen) atoms.